The molecule has 6 nitrogen and oxygen atoms in total. The van der Waals surface area contributed by atoms with E-state index in [4.69, 9.17) is 4.42 Å². The van der Waals surface area contributed by atoms with Crippen molar-refractivity contribution in [3.8, 4) is 0 Å². The number of hydrogen-bond donors (Lipinski definition) is 1. The molecule has 0 aromatic carbocycles. The Morgan fingerprint density at radius 2 is 2.41 bits per heavy atom. The zero-order valence-corrected chi connectivity index (χ0v) is 13.6. The SMILES string of the molecule is C[C@@H]1CNCCN1C(=O)c1ccc(CSc2nccn2C)o1. The molecule has 1 amide bonds. The van der Waals surface area contributed by atoms with Crippen LogP contribution in [-0.2, 0) is 12.8 Å². The van der Waals surface area contributed by atoms with E-state index in [1.807, 2.05) is 35.7 Å². The second-order valence-electron chi connectivity index (χ2n) is 5.43. The fraction of sp³-hybridized carbons (Fsp3) is 0.467. The molecule has 22 heavy (non-hydrogen) atoms. The number of furan rings is 1. The van der Waals surface area contributed by atoms with Gasteiger partial charge in [-0.3, -0.25) is 4.79 Å². The highest BCUT2D eigenvalue weighted by Gasteiger charge is 2.26. The molecule has 7 heteroatoms. The van der Waals surface area contributed by atoms with Gasteiger partial charge in [-0.2, -0.15) is 0 Å². The van der Waals surface area contributed by atoms with Crippen LogP contribution in [0.3, 0.4) is 0 Å². The lowest BCUT2D eigenvalue weighted by Crippen LogP contribution is -2.52. The predicted molar refractivity (Wildman–Crippen MR) is 84.8 cm³/mol. The molecule has 0 radical (unpaired) electrons. The minimum atomic E-state index is -0.0257. The van der Waals surface area contributed by atoms with Crippen molar-refractivity contribution < 1.29 is 9.21 Å². The molecule has 2 aromatic heterocycles. The Hall–Kier alpha value is -1.73. The number of thioether (sulfide) groups is 1. The minimum absolute atomic E-state index is 0.0257. The van der Waals surface area contributed by atoms with Crippen LogP contribution in [0.4, 0.5) is 0 Å². The van der Waals surface area contributed by atoms with Gasteiger partial charge in [0.2, 0.25) is 0 Å². The van der Waals surface area contributed by atoms with E-state index >= 15 is 0 Å². The molecule has 0 saturated carbocycles. The van der Waals surface area contributed by atoms with E-state index in [1.54, 1.807) is 24.0 Å². The van der Waals surface area contributed by atoms with Crippen molar-refractivity contribution in [2.75, 3.05) is 19.6 Å². The molecule has 3 heterocycles. The number of aromatic nitrogens is 2. The zero-order valence-electron chi connectivity index (χ0n) is 12.8. The summed E-state index contributed by atoms with van der Waals surface area (Å²) in [5, 5.41) is 4.21. The maximum atomic E-state index is 12.5. The number of rotatable bonds is 4. The molecule has 1 fully saturated rings. The van der Waals surface area contributed by atoms with Gasteiger partial charge in [0, 0.05) is 45.1 Å². The van der Waals surface area contributed by atoms with E-state index in [9.17, 15) is 4.79 Å². The number of aryl methyl sites for hydroxylation is 1. The Kier molecular flexibility index (Phi) is 4.54. The van der Waals surface area contributed by atoms with Crippen molar-refractivity contribution in [3.63, 3.8) is 0 Å². The molecular formula is C15H20N4O2S. The van der Waals surface area contributed by atoms with Gasteiger partial charge in [0.25, 0.3) is 5.91 Å². The van der Waals surface area contributed by atoms with Crippen molar-refractivity contribution in [1.29, 1.82) is 0 Å². The van der Waals surface area contributed by atoms with Crippen molar-refractivity contribution in [1.82, 2.24) is 19.8 Å². The average molecular weight is 320 g/mol. The molecule has 0 aliphatic carbocycles. The standard InChI is InChI=1S/C15H20N4O2S/c1-11-9-16-5-8-19(11)14(20)13-4-3-12(21-13)10-22-15-17-6-7-18(15)2/h3-4,6-7,11,16H,5,8-10H2,1-2H3/t11-/m1/s1. The van der Waals surface area contributed by atoms with Crippen molar-refractivity contribution in [3.05, 3.63) is 36.0 Å². The maximum Gasteiger partial charge on any atom is 0.289 e. The predicted octanol–water partition coefficient (Wildman–Crippen LogP) is 1.74. The molecule has 2 aromatic rings. The van der Waals surface area contributed by atoms with E-state index in [0.29, 0.717) is 11.5 Å². The Morgan fingerprint density at radius 3 is 3.14 bits per heavy atom. The van der Waals surface area contributed by atoms with Gasteiger partial charge < -0.3 is 19.2 Å². The third kappa shape index (κ3) is 3.20. The Bertz CT molecular complexity index is 652. The van der Waals surface area contributed by atoms with E-state index in [0.717, 1.165) is 30.6 Å². The number of nitrogens with zero attached hydrogens (tertiary/aromatic N) is 3. The van der Waals surface area contributed by atoms with Crippen LogP contribution < -0.4 is 5.32 Å². The lowest BCUT2D eigenvalue weighted by atomic mass is 10.2. The quantitative estimate of drug-likeness (QED) is 0.870. The van der Waals surface area contributed by atoms with Crippen molar-refractivity contribution in [2.24, 2.45) is 7.05 Å². The van der Waals surface area contributed by atoms with Crippen LogP contribution in [0.25, 0.3) is 0 Å². The molecule has 1 saturated heterocycles. The number of nitrogens with one attached hydrogen (secondary N) is 1. The summed E-state index contributed by atoms with van der Waals surface area (Å²) >= 11 is 1.59. The van der Waals surface area contributed by atoms with E-state index in [2.05, 4.69) is 10.3 Å². The molecule has 1 N–H and O–H groups in total. The summed E-state index contributed by atoms with van der Waals surface area (Å²) in [5.41, 5.74) is 0. The monoisotopic (exact) mass is 320 g/mol. The molecule has 1 atom stereocenters. The number of hydrogen-bond acceptors (Lipinski definition) is 5. The topological polar surface area (TPSA) is 63.3 Å². The van der Waals surface area contributed by atoms with Crippen molar-refractivity contribution >= 4 is 17.7 Å². The summed E-state index contributed by atoms with van der Waals surface area (Å²) in [5.74, 6) is 1.85. The Morgan fingerprint density at radius 1 is 1.55 bits per heavy atom. The van der Waals surface area contributed by atoms with Gasteiger partial charge >= 0.3 is 0 Å². The highest BCUT2D eigenvalue weighted by Crippen LogP contribution is 2.22. The Labute approximate surface area is 133 Å². The first-order valence-electron chi connectivity index (χ1n) is 7.35. The lowest BCUT2D eigenvalue weighted by Gasteiger charge is -2.33. The first kappa shape index (κ1) is 15.2. The van der Waals surface area contributed by atoms with Gasteiger partial charge in [-0.1, -0.05) is 11.8 Å². The van der Waals surface area contributed by atoms with Gasteiger partial charge in [-0.15, -0.1) is 0 Å². The molecule has 118 valence electrons. The van der Waals surface area contributed by atoms with E-state index < -0.39 is 0 Å². The summed E-state index contributed by atoms with van der Waals surface area (Å²) < 4.78 is 7.68. The fourth-order valence-electron chi connectivity index (χ4n) is 2.48. The van der Waals surface area contributed by atoms with Crippen LogP contribution in [0, 0.1) is 0 Å². The highest BCUT2D eigenvalue weighted by atomic mass is 32.2. The Balaban J connectivity index is 1.63. The van der Waals surface area contributed by atoms with Crippen LogP contribution >= 0.6 is 11.8 Å². The third-order valence-corrected chi connectivity index (χ3v) is 4.84. The number of carbonyl (C=O) groups is 1. The molecule has 0 bridgehead atoms. The van der Waals surface area contributed by atoms with E-state index in [1.165, 1.54) is 0 Å². The minimum Gasteiger partial charge on any atom is -0.455 e. The average Bonchev–Trinajstić information content (AvgIpc) is 3.14. The van der Waals surface area contributed by atoms with Crippen LogP contribution in [0.5, 0.6) is 0 Å². The van der Waals surface area contributed by atoms with Crippen LogP contribution in [0.2, 0.25) is 0 Å². The van der Waals surface area contributed by atoms with Gasteiger partial charge in [-0.05, 0) is 19.1 Å². The van der Waals surface area contributed by atoms with Crippen molar-refractivity contribution in [2.45, 2.75) is 23.9 Å². The number of piperazine rings is 1. The normalized spacial score (nSPS) is 18.6. The maximum absolute atomic E-state index is 12.5. The zero-order chi connectivity index (χ0) is 15.5. The molecule has 0 spiro atoms. The van der Waals surface area contributed by atoms with Gasteiger partial charge in [0.1, 0.15) is 5.76 Å². The molecule has 0 unspecified atom stereocenters. The first-order chi connectivity index (χ1) is 10.6. The first-order valence-corrected chi connectivity index (χ1v) is 8.34. The second-order valence-corrected chi connectivity index (χ2v) is 6.37. The molecule has 3 rings (SSSR count). The molecule has 1 aliphatic heterocycles. The largest absolute Gasteiger partial charge is 0.455 e. The summed E-state index contributed by atoms with van der Waals surface area (Å²) in [7, 11) is 1.96. The van der Waals surface area contributed by atoms with Gasteiger partial charge in [0.15, 0.2) is 10.9 Å². The number of carbonyl (C=O) groups excluding carboxylic acids is 1. The summed E-state index contributed by atoms with van der Waals surface area (Å²) in [6.07, 6.45) is 3.68. The van der Waals surface area contributed by atoms with Gasteiger partial charge in [-0.25, -0.2) is 4.98 Å². The summed E-state index contributed by atoms with van der Waals surface area (Å²) in [6.45, 7) is 4.43. The van der Waals surface area contributed by atoms with Gasteiger partial charge in [0.05, 0.1) is 5.75 Å². The third-order valence-electron chi connectivity index (χ3n) is 3.76. The second kappa shape index (κ2) is 6.58. The summed E-state index contributed by atoms with van der Waals surface area (Å²) in [6, 6.07) is 3.83. The molecular weight excluding hydrogens is 300 g/mol. The molecule has 1 aliphatic rings. The summed E-state index contributed by atoms with van der Waals surface area (Å²) in [4.78, 5) is 18.6. The number of imidazole rings is 1. The number of amides is 1. The van der Waals surface area contributed by atoms with Crippen LogP contribution in [-0.4, -0.2) is 46.0 Å². The van der Waals surface area contributed by atoms with E-state index in [-0.39, 0.29) is 11.9 Å². The highest BCUT2D eigenvalue weighted by molar-refractivity contribution is 7.98. The fourth-order valence-corrected chi connectivity index (χ4v) is 3.31. The van der Waals surface area contributed by atoms with Crippen LogP contribution in [0.15, 0.2) is 34.1 Å². The van der Waals surface area contributed by atoms with Crippen LogP contribution in [0.1, 0.15) is 23.2 Å². The lowest BCUT2D eigenvalue weighted by molar-refractivity contribution is 0.0621. The smallest absolute Gasteiger partial charge is 0.289 e.